The summed E-state index contributed by atoms with van der Waals surface area (Å²) in [6.45, 7) is 1.30. The Morgan fingerprint density at radius 2 is 1.73 bits per heavy atom. The lowest BCUT2D eigenvalue weighted by atomic mass is 9.87. The van der Waals surface area contributed by atoms with Crippen molar-refractivity contribution in [1.29, 1.82) is 0 Å². The molecule has 2 aromatic carbocycles. The number of imide groups is 1. The quantitative estimate of drug-likeness (QED) is 0.314. The van der Waals surface area contributed by atoms with Crippen molar-refractivity contribution in [2.75, 3.05) is 10.2 Å². The van der Waals surface area contributed by atoms with Crippen LogP contribution < -0.4 is 15.1 Å². The number of furan rings is 1. The van der Waals surface area contributed by atoms with Crippen molar-refractivity contribution < 1.29 is 32.0 Å². The first-order valence-corrected chi connectivity index (χ1v) is 14.1. The van der Waals surface area contributed by atoms with Crippen molar-refractivity contribution in [2.45, 2.75) is 35.8 Å². The molecule has 3 amide bonds. The molecule has 1 saturated heterocycles. The van der Waals surface area contributed by atoms with E-state index in [2.05, 4.69) is 5.32 Å². The minimum atomic E-state index is -4.69. The molecule has 0 bridgehead atoms. The number of nitrogens with zero attached hydrogens (tertiary/aromatic N) is 2. The zero-order chi connectivity index (χ0) is 29.1. The molecule has 8 nitrogen and oxygen atoms in total. The summed E-state index contributed by atoms with van der Waals surface area (Å²) in [6.07, 6.45) is -3.27. The van der Waals surface area contributed by atoms with Crippen LogP contribution in [-0.4, -0.2) is 27.5 Å². The Morgan fingerprint density at radius 3 is 2.41 bits per heavy atom. The van der Waals surface area contributed by atoms with Crippen molar-refractivity contribution in [1.82, 2.24) is 4.57 Å². The number of amides is 3. The van der Waals surface area contributed by atoms with Gasteiger partial charge in [0.05, 0.1) is 44.9 Å². The number of hydrogen-bond acceptors (Lipinski definition) is 7. The number of thioether (sulfide) groups is 1. The van der Waals surface area contributed by atoms with Crippen LogP contribution in [0.25, 0.3) is 0 Å². The summed E-state index contributed by atoms with van der Waals surface area (Å²) in [5.74, 6) is -3.01. The number of rotatable bonds is 5. The zero-order valence-corrected chi connectivity index (χ0v) is 22.8. The van der Waals surface area contributed by atoms with E-state index in [4.69, 9.17) is 4.42 Å². The second kappa shape index (κ2) is 10.1. The van der Waals surface area contributed by atoms with Gasteiger partial charge in [0.2, 0.25) is 17.7 Å². The Balaban J connectivity index is 1.37. The fourth-order valence-corrected chi connectivity index (χ4v) is 7.90. The number of fused-ring (bicyclic) bond motifs is 2. The van der Waals surface area contributed by atoms with E-state index in [0.29, 0.717) is 21.4 Å². The Labute approximate surface area is 238 Å². The first kappa shape index (κ1) is 27.1. The highest BCUT2D eigenvalue weighted by molar-refractivity contribution is 8.00. The molecule has 13 heteroatoms. The standard InChI is InChI=1S/C28H20F3N3O5S2/c1-14-8-10-15(11-9-14)34-24(36)21-20(18-7-4-12-39-18)23-26(40-22(21)25(34)37)33(27(38)41-23)13-19(35)32-17-6-3-2-5-16(17)28(29,30)31/h2-12,20-22H,13H2,1H3,(H,32,35)/t20-,21?,22?/m1/s1. The van der Waals surface area contributed by atoms with Crippen molar-refractivity contribution >= 4 is 52.2 Å². The van der Waals surface area contributed by atoms with Crippen LogP contribution in [0.2, 0.25) is 0 Å². The fourth-order valence-electron chi connectivity index (χ4n) is 5.15. The summed E-state index contributed by atoms with van der Waals surface area (Å²) in [6, 6.07) is 14.8. The largest absolute Gasteiger partial charge is 0.469 e. The minimum absolute atomic E-state index is 0.300. The average molecular weight is 600 g/mol. The van der Waals surface area contributed by atoms with E-state index in [9.17, 15) is 32.3 Å². The number of thiazole rings is 1. The third-order valence-electron chi connectivity index (χ3n) is 7.00. The molecule has 0 saturated carbocycles. The van der Waals surface area contributed by atoms with Gasteiger partial charge in [-0.05, 0) is 43.3 Å². The van der Waals surface area contributed by atoms with Crippen LogP contribution >= 0.6 is 23.1 Å². The summed E-state index contributed by atoms with van der Waals surface area (Å²) >= 11 is 1.82. The highest BCUT2D eigenvalue weighted by Gasteiger charge is 2.57. The van der Waals surface area contributed by atoms with Crippen LogP contribution in [0.15, 0.2) is 81.2 Å². The topological polar surface area (TPSA) is 102 Å². The van der Waals surface area contributed by atoms with E-state index in [1.54, 1.807) is 36.4 Å². The van der Waals surface area contributed by atoms with Crippen LogP contribution in [0.4, 0.5) is 24.5 Å². The lowest BCUT2D eigenvalue weighted by molar-refractivity contribution is -0.137. The predicted octanol–water partition coefficient (Wildman–Crippen LogP) is 5.26. The Hall–Kier alpha value is -4.10. The third-order valence-corrected chi connectivity index (χ3v) is 9.60. The maximum atomic E-state index is 13.8. The van der Waals surface area contributed by atoms with Crippen LogP contribution in [0.3, 0.4) is 0 Å². The molecule has 2 unspecified atom stereocenters. The van der Waals surface area contributed by atoms with Gasteiger partial charge in [-0.3, -0.25) is 23.7 Å². The van der Waals surface area contributed by atoms with E-state index >= 15 is 0 Å². The minimum Gasteiger partial charge on any atom is -0.469 e. The molecule has 2 aliphatic rings. The Kier molecular flexibility index (Phi) is 6.65. The van der Waals surface area contributed by atoms with E-state index in [0.717, 1.165) is 50.3 Å². The molecule has 6 rings (SSSR count). The molecule has 41 heavy (non-hydrogen) atoms. The van der Waals surface area contributed by atoms with Gasteiger partial charge in [-0.25, -0.2) is 4.90 Å². The normalized spacial score (nSPS) is 20.2. The van der Waals surface area contributed by atoms with Gasteiger partial charge in [0.25, 0.3) is 0 Å². The number of aromatic nitrogens is 1. The molecule has 4 heterocycles. The van der Waals surface area contributed by atoms with E-state index in [-0.39, 0.29) is 0 Å². The molecule has 3 atom stereocenters. The number of hydrogen-bond donors (Lipinski definition) is 1. The molecular formula is C28H20F3N3O5S2. The summed E-state index contributed by atoms with van der Waals surface area (Å²) in [4.78, 5) is 54.5. The summed E-state index contributed by atoms with van der Waals surface area (Å²) in [5, 5.41) is 1.64. The Morgan fingerprint density at radius 1 is 1.00 bits per heavy atom. The van der Waals surface area contributed by atoms with Crippen molar-refractivity contribution in [2.24, 2.45) is 5.92 Å². The summed E-state index contributed by atoms with van der Waals surface area (Å²) < 4.78 is 47.1. The molecule has 1 fully saturated rings. The number of nitrogens with one attached hydrogen (secondary N) is 1. The van der Waals surface area contributed by atoms with Gasteiger partial charge in [-0.15, -0.1) is 0 Å². The maximum absolute atomic E-state index is 13.8. The summed E-state index contributed by atoms with van der Waals surface area (Å²) in [7, 11) is 0. The number of para-hydroxylation sites is 1. The van der Waals surface area contributed by atoms with E-state index < -0.39 is 63.7 Å². The molecular weight excluding hydrogens is 579 g/mol. The molecule has 4 aromatic rings. The molecule has 2 aromatic heterocycles. The van der Waals surface area contributed by atoms with E-state index in [1.165, 1.54) is 18.4 Å². The van der Waals surface area contributed by atoms with Crippen LogP contribution in [0.5, 0.6) is 0 Å². The van der Waals surface area contributed by atoms with Gasteiger partial charge in [-0.1, -0.05) is 52.9 Å². The second-order valence-electron chi connectivity index (χ2n) is 9.62. The highest BCUT2D eigenvalue weighted by Crippen LogP contribution is 2.54. The van der Waals surface area contributed by atoms with Gasteiger partial charge in [-0.2, -0.15) is 13.2 Å². The smallest absolute Gasteiger partial charge is 0.418 e. The Bertz CT molecular complexity index is 1730. The highest BCUT2D eigenvalue weighted by atomic mass is 32.2. The van der Waals surface area contributed by atoms with Gasteiger partial charge in [0, 0.05) is 0 Å². The van der Waals surface area contributed by atoms with E-state index in [1.807, 2.05) is 6.92 Å². The van der Waals surface area contributed by atoms with Crippen LogP contribution in [0, 0.1) is 12.8 Å². The summed E-state index contributed by atoms with van der Waals surface area (Å²) in [5.41, 5.74) is -0.0827. The number of carbonyl (C=O) groups is 3. The van der Waals surface area contributed by atoms with Crippen molar-refractivity contribution in [3.63, 3.8) is 0 Å². The zero-order valence-electron chi connectivity index (χ0n) is 21.2. The molecule has 0 radical (unpaired) electrons. The van der Waals surface area contributed by atoms with Gasteiger partial charge in [0.15, 0.2) is 0 Å². The second-order valence-corrected chi connectivity index (χ2v) is 11.7. The van der Waals surface area contributed by atoms with Crippen molar-refractivity contribution in [3.05, 3.63) is 98.4 Å². The lowest BCUT2D eigenvalue weighted by Gasteiger charge is -2.29. The SMILES string of the molecule is Cc1ccc(N2C(=O)C3Sc4c(sc(=O)n4CC(=O)Nc4ccccc4C(F)(F)F)[C@H](c4ccco4)C3C2=O)cc1. The van der Waals surface area contributed by atoms with Crippen LogP contribution in [-0.2, 0) is 27.1 Å². The fraction of sp³-hybridized carbons (Fsp3) is 0.214. The molecule has 2 aliphatic heterocycles. The molecule has 1 N–H and O–H groups in total. The number of aryl methyl sites for hydroxylation is 1. The van der Waals surface area contributed by atoms with Gasteiger partial charge in [0.1, 0.15) is 17.6 Å². The van der Waals surface area contributed by atoms with Crippen molar-refractivity contribution in [3.8, 4) is 0 Å². The number of alkyl halides is 3. The van der Waals surface area contributed by atoms with Gasteiger partial charge < -0.3 is 9.73 Å². The lowest BCUT2D eigenvalue weighted by Crippen LogP contribution is -2.32. The monoisotopic (exact) mass is 599 g/mol. The number of carbonyl (C=O) groups excluding carboxylic acids is 3. The average Bonchev–Trinajstić information content (AvgIpc) is 3.62. The first-order valence-electron chi connectivity index (χ1n) is 12.4. The number of anilines is 2. The van der Waals surface area contributed by atoms with Crippen LogP contribution in [0.1, 0.15) is 27.7 Å². The predicted molar refractivity (Wildman–Crippen MR) is 146 cm³/mol. The maximum Gasteiger partial charge on any atom is 0.418 e. The number of benzene rings is 2. The molecule has 0 spiro atoms. The molecule has 0 aliphatic carbocycles. The third kappa shape index (κ3) is 4.68. The molecule has 210 valence electrons. The first-order chi connectivity index (χ1) is 19.5. The number of halogens is 3. The van der Waals surface area contributed by atoms with Gasteiger partial charge >= 0.3 is 11.0 Å².